The Bertz CT molecular complexity index is 344. The normalized spacial score (nSPS) is 30.9. The number of hydrogen-bond acceptors (Lipinski definition) is 0. The molecule has 0 heterocycles. The Kier molecular flexibility index (Phi) is 10.3. The maximum atomic E-state index is 2.63. The predicted octanol–water partition coefficient (Wildman–Crippen LogP) is 9.57. The van der Waals surface area contributed by atoms with Gasteiger partial charge < -0.3 is 0 Å². The van der Waals surface area contributed by atoms with Crippen molar-refractivity contribution in [2.24, 2.45) is 22.2 Å². The Morgan fingerprint density at radius 1 is 0.692 bits per heavy atom. The van der Waals surface area contributed by atoms with Gasteiger partial charge in [-0.2, -0.15) is 0 Å². The van der Waals surface area contributed by atoms with Gasteiger partial charge >= 0.3 is 0 Å². The minimum Gasteiger partial charge on any atom is -0.0648 e. The summed E-state index contributed by atoms with van der Waals surface area (Å²) in [7, 11) is 0. The molecule has 0 amide bonds. The standard InChI is InChI=1S/C26H52/c1-8-25(6,9-2)26(7)20-16-12-10-14-18-24(5,22-23(3)4)19-15-11-13-17-21-26/h23H,8-22H2,1-7H3. The van der Waals surface area contributed by atoms with Crippen molar-refractivity contribution in [3.8, 4) is 0 Å². The second kappa shape index (κ2) is 11.1. The monoisotopic (exact) mass is 364 g/mol. The largest absolute Gasteiger partial charge is 0.0648 e. The van der Waals surface area contributed by atoms with Crippen LogP contribution in [0.4, 0.5) is 0 Å². The molecule has 1 saturated carbocycles. The molecule has 0 atom stereocenters. The molecule has 0 bridgehead atoms. The lowest BCUT2D eigenvalue weighted by atomic mass is 9.58. The first-order valence-electron chi connectivity index (χ1n) is 12.2. The third-order valence-corrected chi connectivity index (χ3v) is 8.44. The lowest BCUT2D eigenvalue weighted by molar-refractivity contribution is 0.0342. The molecule has 1 rings (SSSR count). The van der Waals surface area contributed by atoms with Gasteiger partial charge in [0, 0.05) is 0 Å². The zero-order valence-electron chi connectivity index (χ0n) is 19.7. The van der Waals surface area contributed by atoms with Crippen LogP contribution in [-0.2, 0) is 0 Å². The third kappa shape index (κ3) is 7.20. The van der Waals surface area contributed by atoms with Crippen molar-refractivity contribution >= 4 is 0 Å². The van der Waals surface area contributed by atoms with Crippen LogP contribution in [0.25, 0.3) is 0 Å². The fourth-order valence-electron chi connectivity index (χ4n) is 5.99. The van der Waals surface area contributed by atoms with Crippen LogP contribution < -0.4 is 0 Å². The Morgan fingerprint density at radius 3 is 1.42 bits per heavy atom. The van der Waals surface area contributed by atoms with E-state index in [9.17, 15) is 0 Å². The molecule has 0 saturated heterocycles. The van der Waals surface area contributed by atoms with Crippen LogP contribution in [0.15, 0.2) is 0 Å². The zero-order valence-corrected chi connectivity index (χ0v) is 19.7. The minimum absolute atomic E-state index is 0.528. The van der Waals surface area contributed by atoms with Gasteiger partial charge in [0.25, 0.3) is 0 Å². The maximum Gasteiger partial charge on any atom is -0.0272 e. The van der Waals surface area contributed by atoms with Gasteiger partial charge in [-0.15, -0.1) is 0 Å². The van der Waals surface area contributed by atoms with E-state index in [1.54, 1.807) is 0 Å². The molecule has 0 radical (unpaired) electrons. The first kappa shape index (κ1) is 24.0. The summed E-state index contributed by atoms with van der Waals surface area (Å²) in [4.78, 5) is 0. The summed E-state index contributed by atoms with van der Waals surface area (Å²) in [6, 6.07) is 0. The van der Waals surface area contributed by atoms with Gasteiger partial charge in [-0.25, -0.2) is 0 Å². The highest BCUT2D eigenvalue weighted by molar-refractivity contribution is 4.91. The topological polar surface area (TPSA) is 0 Å². The van der Waals surface area contributed by atoms with E-state index in [4.69, 9.17) is 0 Å². The fourth-order valence-corrected chi connectivity index (χ4v) is 5.99. The average molecular weight is 365 g/mol. The molecule has 0 nitrogen and oxygen atoms in total. The summed E-state index contributed by atoms with van der Waals surface area (Å²) in [5.74, 6) is 0.848. The van der Waals surface area contributed by atoms with E-state index in [1.807, 2.05) is 0 Å². The number of hydrogen-bond donors (Lipinski definition) is 0. The van der Waals surface area contributed by atoms with Crippen LogP contribution in [0.2, 0.25) is 0 Å². The van der Waals surface area contributed by atoms with E-state index in [0.29, 0.717) is 16.2 Å². The molecular formula is C26H52. The Labute approximate surface area is 167 Å². The minimum atomic E-state index is 0.528. The van der Waals surface area contributed by atoms with Gasteiger partial charge in [-0.3, -0.25) is 0 Å². The summed E-state index contributed by atoms with van der Waals surface area (Å²) < 4.78 is 0. The van der Waals surface area contributed by atoms with Crippen LogP contribution in [0.3, 0.4) is 0 Å². The number of rotatable bonds is 5. The van der Waals surface area contributed by atoms with E-state index in [-0.39, 0.29) is 0 Å². The van der Waals surface area contributed by atoms with E-state index >= 15 is 0 Å². The van der Waals surface area contributed by atoms with E-state index in [2.05, 4.69) is 48.5 Å². The second-order valence-electron chi connectivity index (χ2n) is 11.1. The van der Waals surface area contributed by atoms with Gasteiger partial charge in [-0.1, -0.05) is 113 Å². The molecule has 0 unspecified atom stereocenters. The summed E-state index contributed by atoms with van der Waals surface area (Å²) in [6.07, 6.45) is 21.6. The van der Waals surface area contributed by atoms with Crippen molar-refractivity contribution in [3.63, 3.8) is 0 Å². The van der Waals surface area contributed by atoms with Gasteiger partial charge in [0.2, 0.25) is 0 Å². The van der Waals surface area contributed by atoms with Crippen LogP contribution >= 0.6 is 0 Å². The first-order valence-corrected chi connectivity index (χ1v) is 12.2. The quantitative estimate of drug-likeness (QED) is 0.455. The van der Waals surface area contributed by atoms with Gasteiger partial charge in [0.05, 0.1) is 0 Å². The highest BCUT2D eigenvalue weighted by Crippen LogP contribution is 2.51. The van der Waals surface area contributed by atoms with Crippen LogP contribution in [0.5, 0.6) is 0 Å². The second-order valence-corrected chi connectivity index (χ2v) is 11.1. The molecule has 0 heteroatoms. The summed E-state index contributed by atoms with van der Waals surface area (Å²) in [6.45, 7) is 17.5. The molecule has 0 aromatic heterocycles. The summed E-state index contributed by atoms with van der Waals surface area (Å²) in [5, 5.41) is 0. The SMILES string of the molecule is CCC(C)(CC)C1(C)CCCCCCC(C)(CC(C)C)CCCCCC1. The molecule has 1 aliphatic carbocycles. The molecule has 1 fully saturated rings. The summed E-state index contributed by atoms with van der Waals surface area (Å²) in [5.41, 5.74) is 1.68. The van der Waals surface area contributed by atoms with Crippen LogP contribution in [0, 0.1) is 22.2 Å². The van der Waals surface area contributed by atoms with Crippen LogP contribution in [0.1, 0.15) is 145 Å². The highest BCUT2D eigenvalue weighted by atomic mass is 14.5. The van der Waals surface area contributed by atoms with Gasteiger partial charge in [-0.05, 0) is 54.3 Å². The van der Waals surface area contributed by atoms with Crippen molar-refractivity contribution in [2.75, 3.05) is 0 Å². The van der Waals surface area contributed by atoms with Gasteiger partial charge in [0.15, 0.2) is 0 Å². The molecule has 0 N–H and O–H groups in total. The molecule has 0 aliphatic heterocycles. The van der Waals surface area contributed by atoms with E-state index in [0.717, 1.165) is 5.92 Å². The first-order chi connectivity index (χ1) is 12.2. The average Bonchev–Trinajstić information content (AvgIpc) is 2.59. The van der Waals surface area contributed by atoms with Crippen molar-refractivity contribution in [3.05, 3.63) is 0 Å². The van der Waals surface area contributed by atoms with Crippen molar-refractivity contribution in [2.45, 2.75) is 145 Å². The van der Waals surface area contributed by atoms with Crippen molar-refractivity contribution < 1.29 is 0 Å². The molecule has 156 valence electrons. The predicted molar refractivity (Wildman–Crippen MR) is 120 cm³/mol. The molecule has 0 spiro atoms. The molecule has 26 heavy (non-hydrogen) atoms. The van der Waals surface area contributed by atoms with E-state index in [1.165, 1.54) is 96.3 Å². The highest BCUT2D eigenvalue weighted by Gasteiger charge is 2.40. The third-order valence-electron chi connectivity index (χ3n) is 8.44. The summed E-state index contributed by atoms with van der Waals surface area (Å²) >= 11 is 0. The smallest absolute Gasteiger partial charge is 0.0272 e. The Hall–Kier alpha value is 0. The molecule has 0 aromatic rings. The molecule has 1 aliphatic rings. The van der Waals surface area contributed by atoms with Crippen LogP contribution in [-0.4, -0.2) is 0 Å². The fraction of sp³-hybridized carbons (Fsp3) is 1.00. The van der Waals surface area contributed by atoms with Gasteiger partial charge in [0.1, 0.15) is 0 Å². The lowest BCUT2D eigenvalue weighted by Gasteiger charge is -2.47. The van der Waals surface area contributed by atoms with Crippen molar-refractivity contribution in [1.82, 2.24) is 0 Å². The Balaban J connectivity index is 2.70. The molecular weight excluding hydrogens is 312 g/mol. The Morgan fingerprint density at radius 2 is 1.08 bits per heavy atom. The molecule has 0 aromatic carbocycles. The van der Waals surface area contributed by atoms with E-state index < -0.39 is 0 Å². The lowest BCUT2D eigenvalue weighted by Crippen LogP contribution is -2.37. The maximum absolute atomic E-state index is 2.63. The zero-order chi connectivity index (χ0) is 19.7. The van der Waals surface area contributed by atoms with Crippen molar-refractivity contribution in [1.29, 1.82) is 0 Å².